The van der Waals surface area contributed by atoms with Gasteiger partial charge in [-0.25, -0.2) is 14.6 Å². The summed E-state index contributed by atoms with van der Waals surface area (Å²) in [6, 6.07) is 13.4. The number of benzene rings is 2. The van der Waals surface area contributed by atoms with Crippen LogP contribution in [0.2, 0.25) is 0 Å². The van der Waals surface area contributed by atoms with Gasteiger partial charge in [-0.2, -0.15) is 0 Å². The fourth-order valence-electron chi connectivity index (χ4n) is 8.17. The highest BCUT2D eigenvalue weighted by Crippen LogP contribution is 2.46. The number of allylic oxidation sites excluding steroid dienone is 1. The number of fused-ring (bicyclic) bond motifs is 5. The van der Waals surface area contributed by atoms with Crippen molar-refractivity contribution in [1.82, 2.24) is 19.8 Å². The zero-order valence-corrected chi connectivity index (χ0v) is 30.0. The van der Waals surface area contributed by atoms with Gasteiger partial charge in [0, 0.05) is 46.1 Å². The van der Waals surface area contributed by atoms with E-state index in [4.69, 9.17) is 19.5 Å². The third-order valence-corrected chi connectivity index (χ3v) is 11.5. The molecule has 5 heterocycles. The highest BCUT2D eigenvalue weighted by Gasteiger charge is 2.51. The largest absolute Gasteiger partial charge is 0.444 e. The van der Waals surface area contributed by atoms with Gasteiger partial charge in [0.05, 0.1) is 24.0 Å². The average Bonchev–Trinajstić information content (AvgIpc) is 3.88. The molecule has 2 bridgehead atoms. The van der Waals surface area contributed by atoms with Gasteiger partial charge in [0.15, 0.2) is 0 Å². The van der Waals surface area contributed by atoms with Crippen molar-refractivity contribution in [1.29, 1.82) is 0 Å². The molecule has 0 spiro atoms. The number of aromatic nitrogens is 2. The van der Waals surface area contributed by atoms with Gasteiger partial charge in [-0.3, -0.25) is 14.8 Å². The Morgan fingerprint density at radius 3 is 2.51 bits per heavy atom. The number of H-pyrrole nitrogens is 1. The molecule has 49 heavy (non-hydrogen) atoms. The lowest BCUT2D eigenvalue weighted by Crippen LogP contribution is -2.50. The maximum absolute atomic E-state index is 13.3. The number of ether oxygens (including phenoxy) is 2. The van der Waals surface area contributed by atoms with Crippen LogP contribution in [-0.2, 0) is 9.47 Å². The van der Waals surface area contributed by atoms with Crippen LogP contribution < -0.4 is 0 Å². The minimum atomic E-state index is -0.538. The molecule has 2 aromatic heterocycles. The number of aliphatic imine (C=N–C) groups is 1. The molecular weight excluding hydrogens is 635 g/mol. The summed E-state index contributed by atoms with van der Waals surface area (Å²) in [5.41, 5.74) is 3.23. The fourth-order valence-corrected chi connectivity index (χ4v) is 9.37. The first kappa shape index (κ1) is 32.0. The zero-order chi connectivity index (χ0) is 34.2. The molecule has 3 fully saturated rings. The van der Waals surface area contributed by atoms with Crippen LogP contribution in [0, 0.1) is 5.92 Å². The van der Waals surface area contributed by atoms with Gasteiger partial charge < -0.3 is 14.5 Å². The number of nitrogens with one attached hydrogen (secondary N) is 1. The molecule has 1 unspecified atom stereocenters. The monoisotopic (exact) mass is 679 g/mol. The van der Waals surface area contributed by atoms with Gasteiger partial charge in [-0.05, 0) is 113 Å². The van der Waals surface area contributed by atoms with Crippen molar-refractivity contribution in [2.24, 2.45) is 10.9 Å². The number of carbonyl (C=O) groups excluding carboxylic acids is 2. The molecule has 9 nitrogen and oxygen atoms in total. The standard InChI is InChI=1S/C39H45N5O4S/c1-38(2,3)47-36(45)43-15-7-8-31(43)35-41-21-30(42-35)23-12-14-28-22(16-23)9-10-25-19-32(49-34(25)28)26-18-29(40-20-26)33-24-11-13-27(17-24)44(33)37(46)48-39(4,5)6/h9-10,12,14,16,19-21,24,27,31,33H,7-8,11,13,15,17-18H2,1-6H3,(H,41,42)/t24-,27+,31-,33?/m0/s1. The molecule has 0 radical (unpaired) electrons. The van der Waals surface area contributed by atoms with Crippen LogP contribution in [0.1, 0.15) is 96.8 Å². The third-order valence-electron chi connectivity index (χ3n) is 10.2. The Kier molecular flexibility index (Phi) is 7.66. The number of hydrogen-bond acceptors (Lipinski definition) is 7. The van der Waals surface area contributed by atoms with E-state index in [0.29, 0.717) is 12.5 Å². The molecule has 1 N–H and O–H groups in total. The topological polar surface area (TPSA) is 100 Å². The summed E-state index contributed by atoms with van der Waals surface area (Å²) in [5.74, 6) is 1.25. The number of thiophene rings is 1. The minimum absolute atomic E-state index is 0.0213. The van der Waals surface area contributed by atoms with Crippen molar-refractivity contribution < 1.29 is 19.1 Å². The maximum atomic E-state index is 13.3. The first-order chi connectivity index (χ1) is 23.3. The van der Waals surface area contributed by atoms with Gasteiger partial charge in [-0.15, -0.1) is 11.3 Å². The van der Waals surface area contributed by atoms with Crippen LogP contribution in [0.25, 0.3) is 37.7 Å². The average molecular weight is 680 g/mol. The number of carbonyl (C=O) groups is 2. The van der Waals surface area contributed by atoms with Gasteiger partial charge >= 0.3 is 12.2 Å². The molecule has 8 rings (SSSR count). The molecule has 4 aliphatic rings. The highest BCUT2D eigenvalue weighted by atomic mass is 32.1. The van der Waals surface area contributed by atoms with Crippen molar-refractivity contribution in [3.8, 4) is 11.3 Å². The number of likely N-dealkylation sites (tertiary alicyclic amines) is 2. The predicted molar refractivity (Wildman–Crippen MR) is 195 cm³/mol. The van der Waals surface area contributed by atoms with Crippen molar-refractivity contribution >= 4 is 55.7 Å². The Labute approximate surface area is 291 Å². The molecule has 2 saturated heterocycles. The summed E-state index contributed by atoms with van der Waals surface area (Å²) in [6.45, 7) is 12.1. The molecule has 1 saturated carbocycles. The Balaban J connectivity index is 0.999. The number of nitrogens with zero attached hydrogens (tertiary/aromatic N) is 4. The molecule has 2 aromatic carbocycles. The third kappa shape index (κ3) is 6.02. The van der Waals surface area contributed by atoms with Gasteiger partial charge in [0.25, 0.3) is 0 Å². The fraction of sp³-hybridized carbons (Fsp3) is 0.487. The van der Waals surface area contributed by atoms with Crippen molar-refractivity contribution in [3.05, 3.63) is 59.5 Å². The van der Waals surface area contributed by atoms with E-state index in [1.807, 2.05) is 70.2 Å². The lowest BCUT2D eigenvalue weighted by molar-refractivity contribution is 0.0141. The summed E-state index contributed by atoms with van der Waals surface area (Å²) >= 11 is 1.81. The second kappa shape index (κ2) is 11.7. The first-order valence-corrected chi connectivity index (χ1v) is 18.4. The molecule has 4 atom stereocenters. The van der Waals surface area contributed by atoms with E-state index in [1.165, 1.54) is 25.9 Å². The molecule has 256 valence electrons. The molecule has 1 aliphatic carbocycles. The van der Waals surface area contributed by atoms with Crippen LogP contribution in [0.3, 0.4) is 0 Å². The van der Waals surface area contributed by atoms with E-state index in [9.17, 15) is 9.59 Å². The van der Waals surface area contributed by atoms with Crippen LogP contribution in [0.15, 0.2) is 53.8 Å². The van der Waals surface area contributed by atoms with E-state index in [0.717, 1.165) is 66.7 Å². The lowest BCUT2D eigenvalue weighted by atomic mass is 9.92. The number of imidazole rings is 1. The predicted octanol–water partition coefficient (Wildman–Crippen LogP) is 9.49. The first-order valence-electron chi connectivity index (χ1n) is 17.6. The zero-order valence-electron chi connectivity index (χ0n) is 29.2. The summed E-state index contributed by atoms with van der Waals surface area (Å²) in [4.78, 5) is 44.3. The van der Waals surface area contributed by atoms with Crippen molar-refractivity contribution in [2.75, 3.05) is 6.54 Å². The summed E-state index contributed by atoms with van der Waals surface area (Å²) in [6.07, 6.45) is 9.16. The van der Waals surface area contributed by atoms with Gasteiger partial charge in [-0.1, -0.05) is 24.3 Å². The Morgan fingerprint density at radius 2 is 1.71 bits per heavy atom. The SMILES string of the molecule is CC(C)(C)OC(=O)N1CCC[C@H]1c1ncc(-c2ccc3c(ccc4cc(C5=CN=C(C6[C@H]7CC[C@H](C7)N6C(=O)OC(C)(C)C)C5)sc43)c2)[nH]1. The molecule has 2 amide bonds. The van der Waals surface area contributed by atoms with E-state index < -0.39 is 11.2 Å². The normalized spacial score (nSPS) is 23.9. The smallest absolute Gasteiger partial charge is 0.411 e. The minimum Gasteiger partial charge on any atom is -0.444 e. The quantitative estimate of drug-likeness (QED) is 0.232. The van der Waals surface area contributed by atoms with Gasteiger partial charge in [0.2, 0.25) is 0 Å². The summed E-state index contributed by atoms with van der Waals surface area (Å²) in [7, 11) is 0. The van der Waals surface area contributed by atoms with Crippen molar-refractivity contribution in [3.63, 3.8) is 0 Å². The lowest BCUT2D eigenvalue weighted by Gasteiger charge is -2.36. The van der Waals surface area contributed by atoms with Gasteiger partial charge in [0.1, 0.15) is 17.0 Å². The number of rotatable bonds is 4. The van der Waals surface area contributed by atoms with Crippen molar-refractivity contribution in [2.45, 2.75) is 109 Å². The molecule has 10 heteroatoms. The Bertz CT molecular complexity index is 2030. The van der Waals surface area contributed by atoms with E-state index >= 15 is 0 Å². The van der Waals surface area contributed by atoms with E-state index in [2.05, 4.69) is 41.4 Å². The summed E-state index contributed by atoms with van der Waals surface area (Å²) in [5, 5.41) is 3.60. The number of piperidine rings is 1. The molecule has 4 aromatic rings. The molecule has 3 aliphatic heterocycles. The number of hydrogen-bond donors (Lipinski definition) is 1. The van der Waals surface area contributed by atoms with Crippen LogP contribution in [0.5, 0.6) is 0 Å². The second-order valence-corrected chi connectivity index (χ2v) is 17.1. The Morgan fingerprint density at radius 1 is 0.939 bits per heavy atom. The highest BCUT2D eigenvalue weighted by molar-refractivity contribution is 7.21. The number of aromatic amines is 1. The molecular formula is C39H45N5O4S. The number of amides is 2. The van der Waals surface area contributed by atoms with E-state index in [-0.39, 0.29) is 30.3 Å². The second-order valence-electron chi connectivity index (χ2n) is 16.1. The van der Waals surface area contributed by atoms with Crippen LogP contribution in [-0.4, -0.2) is 67.5 Å². The van der Waals surface area contributed by atoms with Crippen LogP contribution in [0.4, 0.5) is 9.59 Å². The maximum Gasteiger partial charge on any atom is 0.411 e. The van der Waals surface area contributed by atoms with Crippen LogP contribution >= 0.6 is 11.3 Å². The van der Waals surface area contributed by atoms with E-state index in [1.54, 1.807) is 4.90 Å². The Hall–Kier alpha value is -4.18. The summed E-state index contributed by atoms with van der Waals surface area (Å²) < 4.78 is 12.8.